The average Bonchev–Trinajstić information content (AvgIpc) is 2.16. The van der Waals surface area contributed by atoms with Crippen LogP contribution in [0.25, 0.3) is 0 Å². The predicted octanol–water partition coefficient (Wildman–Crippen LogP) is 1.55. The van der Waals surface area contributed by atoms with E-state index < -0.39 is 0 Å². The molecule has 0 saturated heterocycles. The summed E-state index contributed by atoms with van der Waals surface area (Å²) >= 11 is 2.31. The van der Waals surface area contributed by atoms with Gasteiger partial charge in [0.15, 0.2) is 0 Å². The molecule has 0 spiro atoms. The summed E-state index contributed by atoms with van der Waals surface area (Å²) in [6.07, 6.45) is 0. The molecule has 0 bridgehead atoms. The molecule has 0 fully saturated rings. The summed E-state index contributed by atoms with van der Waals surface area (Å²) in [6.45, 7) is 1.64. The van der Waals surface area contributed by atoms with E-state index in [-0.39, 0.29) is 0 Å². The summed E-state index contributed by atoms with van der Waals surface area (Å²) < 4.78 is 1.27. The van der Waals surface area contributed by atoms with Crippen molar-refractivity contribution in [1.29, 1.82) is 0 Å². The number of likely N-dealkylation sites (N-methyl/N-ethyl adjacent to an activating group) is 1. The van der Waals surface area contributed by atoms with Gasteiger partial charge in [-0.2, -0.15) is 0 Å². The topological polar surface area (TPSA) is 38.0 Å². The summed E-state index contributed by atoms with van der Waals surface area (Å²) in [4.78, 5) is 0. The van der Waals surface area contributed by atoms with Gasteiger partial charge in [0.2, 0.25) is 0 Å². The van der Waals surface area contributed by atoms with Crippen LogP contribution in [0.3, 0.4) is 0 Å². The maximum atomic E-state index is 5.69. The zero-order valence-electron chi connectivity index (χ0n) is 7.76. The third kappa shape index (κ3) is 3.25. The highest BCUT2D eigenvalue weighted by atomic mass is 127. The molecule has 0 aliphatic heterocycles. The minimum Gasteiger partial charge on any atom is -0.330 e. The molecule has 3 N–H and O–H groups in total. The van der Waals surface area contributed by atoms with Crippen LogP contribution < -0.4 is 11.1 Å². The summed E-state index contributed by atoms with van der Waals surface area (Å²) in [5, 5.41) is 3.15. The third-order valence-electron chi connectivity index (χ3n) is 2.08. The minimum atomic E-state index is 0.432. The number of hydrogen-bond acceptors (Lipinski definition) is 2. The van der Waals surface area contributed by atoms with Crippen molar-refractivity contribution in [3.63, 3.8) is 0 Å². The van der Waals surface area contributed by atoms with Crippen LogP contribution in [-0.4, -0.2) is 20.1 Å². The van der Waals surface area contributed by atoms with Crippen LogP contribution in [-0.2, 0) is 0 Å². The van der Waals surface area contributed by atoms with E-state index >= 15 is 0 Å². The first-order valence-electron chi connectivity index (χ1n) is 4.38. The molecule has 0 aromatic heterocycles. The van der Waals surface area contributed by atoms with Crippen molar-refractivity contribution in [2.75, 3.05) is 20.1 Å². The molecule has 13 heavy (non-hydrogen) atoms. The van der Waals surface area contributed by atoms with Crippen LogP contribution in [0.2, 0.25) is 0 Å². The van der Waals surface area contributed by atoms with Crippen LogP contribution in [0.4, 0.5) is 0 Å². The number of hydrogen-bond donors (Lipinski definition) is 2. The Hall–Kier alpha value is -0.130. The zero-order chi connectivity index (χ0) is 9.68. The first kappa shape index (κ1) is 10.9. The Morgan fingerprint density at radius 1 is 1.38 bits per heavy atom. The highest BCUT2D eigenvalue weighted by Gasteiger charge is 2.07. The lowest BCUT2D eigenvalue weighted by molar-refractivity contribution is 0.637. The number of rotatable bonds is 4. The maximum Gasteiger partial charge on any atom is 0.0130 e. The smallest absolute Gasteiger partial charge is 0.0130 e. The van der Waals surface area contributed by atoms with Crippen LogP contribution >= 0.6 is 22.6 Å². The standard InChI is InChI=1S/C10H15IN2/c1-13-7-9(6-12)8-2-4-10(11)5-3-8/h2-5,9,13H,6-7,12H2,1H3. The summed E-state index contributed by atoms with van der Waals surface area (Å²) in [5.74, 6) is 0.432. The van der Waals surface area contributed by atoms with E-state index in [1.165, 1.54) is 9.13 Å². The fourth-order valence-corrected chi connectivity index (χ4v) is 1.68. The lowest BCUT2D eigenvalue weighted by Gasteiger charge is -2.14. The molecule has 0 aliphatic rings. The third-order valence-corrected chi connectivity index (χ3v) is 2.80. The lowest BCUT2D eigenvalue weighted by atomic mass is 9.99. The normalized spacial score (nSPS) is 12.8. The molecule has 1 unspecified atom stereocenters. The van der Waals surface area contributed by atoms with E-state index in [2.05, 4.69) is 52.2 Å². The summed E-state index contributed by atoms with van der Waals surface area (Å²) in [5.41, 5.74) is 7.00. The van der Waals surface area contributed by atoms with Crippen LogP contribution in [0.1, 0.15) is 11.5 Å². The van der Waals surface area contributed by atoms with Crippen molar-refractivity contribution in [3.8, 4) is 0 Å². The second-order valence-electron chi connectivity index (χ2n) is 3.04. The van der Waals surface area contributed by atoms with Gasteiger partial charge in [0, 0.05) is 22.6 Å². The van der Waals surface area contributed by atoms with Crippen LogP contribution in [0.15, 0.2) is 24.3 Å². The number of nitrogens with one attached hydrogen (secondary N) is 1. The summed E-state index contributed by atoms with van der Waals surface area (Å²) in [7, 11) is 1.95. The molecular weight excluding hydrogens is 275 g/mol. The number of halogens is 1. The molecule has 0 saturated carbocycles. The first-order chi connectivity index (χ1) is 6.27. The Morgan fingerprint density at radius 2 is 2.00 bits per heavy atom. The molecule has 72 valence electrons. The monoisotopic (exact) mass is 290 g/mol. The fourth-order valence-electron chi connectivity index (χ4n) is 1.32. The maximum absolute atomic E-state index is 5.69. The zero-order valence-corrected chi connectivity index (χ0v) is 9.91. The molecule has 1 aromatic carbocycles. The van der Waals surface area contributed by atoms with Crippen LogP contribution in [0.5, 0.6) is 0 Å². The summed E-state index contributed by atoms with van der Waals surface area (Å²) in [6, 6.07) is 8.54. The van der Waals surface area contributed by atoms with Crippen molar-refractivity contribution in [1.82, 2.24) is 5.32 Å². The average molecular weight is 290 g/mol. The van der Waals surface area contributed by atoms with Crippen molar-refractivity contribution < 1.29 is 0 Å². The van der Waals surface area contributed by atoms with Gasteiger partial charge in [-0.1, -0.05) is 12.1 Å². The van der Waals surface area contributed by atoms with Crippen molar-refractivity contribution in [2.24, 2.45) is 5.73 Å². The number of nitrogens with two attached hydrogens (primary N) is 1. The number of benzene rings is 1. The van der Waals surface area contributed by atoms with E-state index in [1.807, 2.05) is 7.05 Å². The van der Waals surface area contributed by atoms with Crippen molar-refractivity contribution in [3.05, 3.63) is 33.4 Å². The second kappa shape index (κ2) is 5.57. The Kier molecular flexibility index (Phi) is 4.69. The Balaban J connectivity index is 2.73. The van der Waals surface area contributed by atoms with Gasteiger partial charge in [0.25, 0.3) is 0 Å². The quantitative estimate of drug-likeness (QED) is 0.826. The van der Waals surface area contributed by atoms with E-state index in [9.17, 15) is 0 Å². The molecule has 1 aromatic rings. The van der Waals surface area contributed by atoms with E-state index in [0.717, 1.165) is 6.54 Å². The molecule has 0 heterocycles. The van der Waals surface area contributed by atoms with Gasteiger partial charge in [-0.15, -0.1) is 0 Å². The molecule has 1 rings (SSSR count). The Bertz CT molecular complexity index is 246. The van der Waals surface area contributed by atoms with Gasteiger partial charge in [-0.25, -0.2) is 0 Å². The van der Waals surface area contributed by atoms with E-state index in [4.69, 9.17) is 5.73 Å². The van der Waals surface area contributed by atoms with Crippen molar-refractivity contribution >= 4 is 22.6 Å². The van der Waals surface area contributed by atoms with Crippen LogP contribution in [0, 0.1) is 3.57 Å². The first-order valence-corrected chi connectivity index (χ1v) is 5.46. The van der Waals surface area contributed by atoms with Gasteiger partial charge < -0.3 is 11.1 Å². The fraction of sp³-hybridized carbons (Fsp3) is 0.400. The molecule has 0 amide bonds. The molecular formula is C10H15IN2. The highest BCUT2D eigenvalue weighted by Crippen LogP contribution is 2.15. The lowest BCUT2D eigenvalue weighted by Crippen LogP contribution is -2.23. The van der Waals surface area contributed by atoms with Gasteiger partial charge in [0.1, 0.15) is 0 Å². The molecule has 2 nitrogen and oxygen atoms in total. The van der Waals surface area contributed by atoms with Crippen molar-refractivity contribution in [2.45, 2.75) is 5.92 Å². The molecule has 0 aliphatic carbocycles. The second-order valence-corrected chi connectivity index (χ2v) is 4.29. The van der Waals surface area contributed by atoms with Gasteiger partial charge in [-0.05, 0) is 47.3 Å². The van der Waals surface area contributed by atoms with Gasteiger partial charge in [-0.3, -0.25) is 0 Å². The molecule has 0 radical (unpaired) electrons. The van der Waals surface area contributed by atoms with Gasteiger partial charge >= 0.3 is 0 Å². The minimum absolute atomic E-state index is 0.432. The van der Waals surface area contributed by atoms with E-state index in [0.29, 0.717) is 12.5 Å². The Labute approximate surface area is 93.0 Å². The Morgan fingerprint density at radius 3 is 2.46 bits per heavy atom. The SMILES string of the molecule is CNCC(CN)c1ccc(I)cc1. The predicted molar refractivity (Wildman–Crippen MR) is 64.9 cm³/mol. The van der Waals surface area contributed by atoms with E-state index in [1.54, 1.807) is 0 Å². The van der Waals surface area contributed by atoms with Gasteiger partial charge in [0.05, 0.1) is 0 Å². The largest absolute Gasteiger partial charge is 0.330 e. The molecule has 3 heteroatoms. The molecule has 1 atom stereocenters. The highest BCUT2D eigenvalue weighted by molar-refractivity contribution is 14.1.